The smallest absolute Gasteiger partial charge is 0.408 e. The van der Waals surface area contributed by atoms with E-state index >= 15 is 0 Å². The monoisotopic (exact) mass is 337 g/mol. The number of carbonyl (C=O) groups is 2. The number of aromatic nitrogens is 2. The van der Waals surface area contributed by atoms with Crippen LogP contribution in [-0.4, -0.2) is 44.6 Å². The number of halogens is 3. The predicted molar refractivity (Wildman–Crippen MR) is 70.3 cm³/mol. The molecule has 1 aromatic rings. The molecule has 11 heteroatoms. The van der Waals surface area contributed by atoms with Crippen LogP contribution in [0, 0.1) is 0 Å². The number of carbonyl (C=O) groups excluding carboxylic acids is 1. The van der Waals surface area contributed by atoms with Crippen LogP contribution in [0.25, 0.3) is 0 Å². The van der Waals surface area contributed by atoms with Gasteiger partial charge in [-0.25, -0.2) is 4.68 Å². The van der Waals surface area contributed by atoms with E-state index in [1.165, 1.54) is 13.8 Å². The summed E-state index contributed by atoms with van der Waals surface area (Å²) in [5.41, 5.74) is -2.73. The number of aliphatic carboxylic acids is 1. The van der Waals surface area contributed by atoms with E-state index in [9.17, 15) is 32.7 Å². The van der Waals surface area contributed by atoms with Crippen LogP contribution in [0.3, 0.4) is 0 Å². The third kappa shape index (κ3) is 4.69. The second kappa shape index (κ2) is 6.67. The fourth-order valence-electron chi connectivity index (χ4n) is 1.70. The molecule has 0 aliphatic heterocycles. The minimum atomic E-state index is -4.77. The van der Waals surface area contributed by atoms with Crippen LogP contribution in [0.5, 0.6) is 5.75 Å². The second-order valence-electron chi connectivity index (χ2n) is 4.92. The van der Waals surface area contributed by atoms with Gasteiger partial charge in [-0.2, -0.15) is 18.3 Å². The van der Waals surface area contributed by atoms with Crippen molar-refractivity contribution in [3.05, 3.63) is 21.6 Å². The van der Waals surface area contributed by atoms with Crippen molar-refractivity contribution < 1.29 is 33.0 Å². The van der Waals surface area contributed by atoms with Crippen LogP contribution < -0.4 is 10.9 Å². The Morgan fingerprint density at radius 1 is 1.35 bits per heavy atom. The Morgan fingerprint density at radius 3 is 2.35 bits per heavy atom. The van der Waals surface area contributed by atoms with Crippen molar-refractivity contribution in [2.75, 3.05) is 6.54 Å². The van der Waals surface area contributed by atoms with Crippen molar-refractivity contribution in [2.45, 2.75) is 32.5 Å². The average Bonchev–Trinajstić information content (AvgIpc) is 2.38. The van der Waals surface area contributed by atoms with Crippen LogP contribution in [0.4, 0.5) is 13.2 Å². The molecule has 1 heterocycles. The van der Waals surface area contributed by atoms with Crippen molar-refractivity contribution in [1.82, 2.24) is 15.1 Å². The zero-order valence-electron chi connectivity index (χ0n) is 12.1. The molecule has 0 saturated heterocycles. The van der Waals surface area contributed by atoms with Crippen molar-refractivity contribution in [2.24, 2.45) is 0 Å². The number of alkyl halides is 3. The summed E-state index contributed by atoms with van der Waals surface area (Å²) in [6, 6.07) is 0. The molecule has 0 bridgehead atoms. The highest BCUT2D eigenvalue weighted by Gasteiger charge is 2.32. The first kappa shape index (κ1) is 18.5. The van der Waals surface area contributed by atoms with Gasteiger partial charge in [0.2, 0.25) is 0 Å². The molecule has 0 aliphatic rings. The topological polar surface area (TPSA) is 122 Å². The number of nitrogens with zero attached hydrogens (tertiary/aromatic N) is 2. The molecule has 0 atom stereocenters. The van der Waals surface area contributed by atoms with Crippen molar-refractivity contribution in [3.8, 4) is 5.75 Å². The van der Waals surface area contributed by atoms with Crippen molar-refractivity contribution in [1.29, 1.82) is 0 Å². The molecule has 1 amide bonds. The van der Waals surface area contributed by atoms with Gasteiger partial charge < -0.3 is 15.5 Å². The standard InChI is InChI=1S/C12H14F3N3O5/c1-5(2)8-9(21)7(10(22)16-3-6(19)20)11(23)18(17-8)4-12(13,14)15/h5,21H,3-4H2,1-2H3,(H,16,22)(H,19,20). The number of carboxylic acids is 1. The summed E-state index contributed by atoms with van der Waals surface area (Å²) < 4.78 is 37.5. The van der Waals surface area contributed by atoms with E-state index in [1.807, 2.05) is 5.32 Å². The molecule has 0 aliphatic carbocycles. The van der Waals surface area contributed by atoms with Crippen LogP contribution in [0.2, 0.25) is 0 Å². The molecular formula is C12H14F3N3O5. The molecule has 8 nitrogen and oxygen atoms in total. The molecular weight excluding hydrogens is 323 g/mol. The van der Waals surface area contributed by atoms with Crippen LogP contribution in [0.1, 0.15) is 35.8 Å². The van der Waals surface area contributed by atoms with Gasteiger partial charge in [-0.05, 0) is 0 Å². The minimum absolute atomic E-state index is 0.0186. The number of amides is 1. The Hall–Kier alpha value is -2.59. The maximum Gasteiger partial charge on any atom is 0.408 e. The maximum atomic E-state index is 12.5. The van der Waals surface area contributed by atoms with Crippen LogP contribution in [0.15, 0.2) is 4.79 Å². The molecule has 0 unspecified atom stereocenters. The van der Waals surface area contributed by atoms with Crippen molar-refractivity contribution in [3.63, 3.8) is 0 Å². The quantitative estimate of drug-likeness (QED) is 0.717. The third-order valence-electron chi connectivity index (χ3n) is 2.66. The minimum Gasteiger partial charge on any atom is -0.505 e. The van der Waals surface area contributed by atoms with Crippen molar-refractivity contribution >= 4 is 11.9 Å². The van der Waals surface area contributed by atoms with E-state index in [4.69, 9.17) is 5.11 Å². The van der Waals surface area contributed by atoms with Gasteiger partial charge in [0.15, 0.2) is 5.75 Å². The summed E-state index contributed by atoms with van der Waals surface area (Å²) in [6.45, 7) is 0.369. The normalized spacial score (nSPS) is 11.6. The highest BCUT2D eigenvalue weighted by molar-refractivity contribution is 5.98. The number of hydrogen-bond donors (Lipinski definition) is 3. The molecule has 128 valence electrons. The fraction of sp³-hybridized carbons (Fsp3) is 0.500. The molecule has 0 saturated carbocycles. The Balaban J connectivity index is 3.45. The molecule has 23 heavy (non-hydrogen) atoms. The van der Waals surface area contributed by atoms with Gasteiger partial charge in [-0.15, -0.1) is 0 Å². The molecule has 1 rings (SSSR count). The number of nitrogens with one attached hydrogen (secondary N) is 1. The second-order valence-corrected chi connectivity index (χ2v) is 4.92. The SMILES string of the molecule is CC(C)c1nn(CC(F)(F)F)c(=O)c(C(=O)NCC(=O)O)c1O. The van der Waals surface area contributed by atoms with E-state index in [-0.39, 0.29) is 10.4 Å². The Kier molecular flexibility index (Phi) is 5.35. The molecule has 3 N–H and O–H groups in total. The molecule has 0 spiro atoms. The zero-order valence-corrected chi connectivity index (χ0v) is 12.1. The first-order valence-corrected chi connectivity index (χ1v) is 6.34. The molecule has 1 aromatic heterocycles. The lowest BCUT2D eigenvalue weighted by Gasteiger charge is -2.15. The lowest BCUT2D eigenvalue weighted by Crippen LogP contribution is -2.39. The van der Waals surface area contributed by atoms with Gasteiger partial charge in [0.25, 0.3) is 11.5 Å². The Bertz CT molecular complexity index is 682. The van der Waals surface area contributed by atoms with Gasteiger partial charge in [0.1, 0.15) is 24.3 Å². The first-order valence-electron chi connectivity index (χ1n) is 6.34. The number of carboxylic acid groups (broad SMARTS) is 1. The summed E-state index contributed by atoms with van der Waals surface area (Å²) in [7, 11) is 0. The van der Waals surface area contributed by atoms with E-state index in [0.717, 1.165) is 0 Å². The van der Waals surface area contributed by atoms with E-state index in [2.05, 4.69) is 5.10 Å². The fourth-order valence-corrected chi connectivity index (χ4v) is 1.70. The van der Waals surface area contributed by atoms with Gasteiger partial charge in [-0.1, -0.05) is 13.8 Å². The zero-order chi connectivity index (χ0) is 17.9. The summed E-state index contributed by atoms with van der Waals surface area (Å²) in [6.07, 6.45) is -4.77. The van der Waals surface area contributed by atoms with E-state index in [0.29, 0.717) is 0 Å². The molecule has 0 fully saturated rings. The Morgan fingerprint density at radius 2 is 1.91 bits per heavy atom. The highest BCUT2D eigenvalue weighted by Crippen LogP contribution is 2.25. The van der Waals surface area contributed by atoms with E-state index < -0.39 is 53.9 Å². The van der Waals surface area contributed by atoms with Gasteiger partial charge in [0.05, 0.1) is 0 Å². The molecule has 0 radical (unpaired) electrons. The average molecular weight is 337 g/mol. The van der Waals surface area contributed by atoms with Crippen LogP contribution >= 0.6 is 0 Å². The number of aromatic hydroxyl groups is 1. The summed E-state index contributed by atoms with van der Waals surface area (Å²) in [5.74, 6) is -4.17. The summed E-state index contributed by atoms with van der Waals surface area (Å²) >= 11 is 0. The number of rotatable bonds is 5. The lowest BCUT2D eigenvalue weighted by atomic mass is 10.1. The third-order valence-corrected chi connectivity index (χ3v) is 2.66. The maximum absolute atomic E-state index is 12.5. The van der Waals surface area contributed by atoms with E-state index in [1.54, 1.807) is 0 Å². The summed E-state index contributed by atoms with van der Waals surface area (Å²) in [4.78, 5) is 34.2. The Labute approximate surface area is 127 Å². The van der Waals surface area contributed by atoms with Gasteiger partial charge in [-0.3, -0.25) is 14.4 Å². The number of hydrogen-bond acceptors (Lipinski definition) is 5. The van der Waals surface area contributed by atoms with Crippen LogP contribution in [-0.2, 0) is 11.3 Å². The summed E-state index contributed by atoms with van der Waals surface area (Å²) in [5, 5.41) is 23.7. The van der Waals surface area contributed by atoms with Gasteiger partial charge in [0, 0.05) is 5.92 Å². The largest absolute Gasteiger partial charge is 0.505 e. The lowest BCUT2D eigenvalue weighted by molar-refractivity contribution is -0.143. The molecule has 0 aromatic carbocycles. The first-order chi connectivity index (χ1) is 10.4. The van der Waals surface area contributed by atoms with Gasteiger partial charge >= 0.3 is 12.1 Å². The highest BCUT2D eigenvalue weighted by atomic mass is 19.4. The predicted octanol–water partition coefficient (Wildman–Crippen LogP) is 0.449.